The van der Waals surface area contributed by atoms with E-state index in [1.165, 1.54) is 31.2 Å². The number of ether oxygens (including phenoxy) is 1. The van der Waals surface area contributed by atoms with Crippen molar-refractivity contribution < 1.29 is 18.7 Å². The van der Waals surface area contributed by atoms with Gasteiger partial charge >= 0.3 is 5.97 Å². The van der Waals surface area contributed by atoms with Gasteiger partial charge in [-0.25, -0.2) is 9.18 Å². The third kappa shape index (κ3) is 3.44. The van der Waals surface area contributed by atoms with Crippen LogP contribution in [0.5, 0.6) is 0 Å². The number of esters is 1. The van der Waals surface area contributed by atoms with Crippen molar-refractivity contribution >= 4 is 17.6 Å². The van der Waals surface area contributed by atoms with Gasteiger partial charge in [0.1, 0.15) is 11.5 Å². The summed E-state index contributed by atoms with van der Waals surface area (Å²) < 4.78 is 17.7. The highest BCUT2D eigenvalue weighted by Crippen LogP contribution is 2.10. The van der Waals surface area contributed by atoms with E-state index < -0.39 is 23.8 Å². The number of aromatic amines is 1. The molecule has 5 nitrogen and oxygen atoms in total. The summed E-state index contributed by atoms with van der Waals surface area (Å²) in [4.78, 5) is 26.1. The molecule has 0 saturated carbocycles. The highest BCUT2D eigenvalue weighted by atomic mass is 19.1. The van der Waals surface area contributed by atoms with E-state index in [0.29, 0.717) is 5.69 Å². The van der Waals surface area contributed by atoms with Crippen LogP contribution in [0.1, 0.15) is 17.4 Å². The fourth-order valence-corrected chi connectivity index (χ4v) is 1.51. The van der Waals surface area contributed by atoms with Crippen LogP contribution in [0.15, 0.2) is 42.6 Å². The SMILES string of the molecule is CC(OC(=O)c1ccc[nH]1)C(=O)Nc1ccc(F)cc1. The summed E-state index contributed by atoms with van der Waals surface area (Å²) in [6.45, 7) is 1.46. The van der Waals surface area contributed by atoms with E-state index in [9.17, 15) is 14.0 Å². The minimum Gasteiger partial charge on any atom is -0.448 e. The number of halogens is 1. The van der Waals surface area contributed by atoms with Gasteiger partial charge < -0.3 is 15.0 Å². The van der Waals surface area contributed by atoms with Crippen molar-refractivity contribution in [1.29, 1.82) is 0 Å². The first kappa shape index (κ1) is 13.8. The van der Waals surface area contributed by atoms with Crippen molar-refractivity contribution in [3.8, 4) is 0 Å². The summed E-state index contributed by atoms with van der Waals surface area (Å²) in [5.41, 5.74) is 0.700. The molecule has 0 radical (unpaired) electrons. The highest BCUT2D eigenvalue weighted by molar-refractivity contribution is 5.96. The minimum atomic E-state index is -0.962. The van der Waals surface area contributed by atoms with Crippen molar-refractivity contribution in [1.82, 2.24) is 4.98 Å². The number of carbonyl (C=O) groups excluding carboxylic acids is 2. The van der Waals surface area contributed by atoms with Crippen molar-refractivity contribution in [2.75, 3.05) is 5.32 Å². The highest BCUT2D eigenvalue weighted by Gasteiger charge is 2.19. The summed E-state index contributed by atoms with van der Waals surface area (Å²) in [7, 11) is 0. The molecule has 0 spiro atoms. The molecule has 2 N–H and O–H groups in total. The number of hydrogen-bond acceptors (Lipinski definition) is 3. The molecule has 0 aliphatic carbocycles. The average molecular weight is 276 g/mol. The largest absolute Gasteiger partial charge is 0.448 e. The number of nitrogens with one attached hydrogen (secondary N) is 2. The molecule has 0 saturated heterocycles. The van der Waals surface area contributed by atoms with Gasteiger partial charge in [0, 0.05) is 11.9 Å². The molecule has 0 aliphatic rings. The molecule has 20 heavy (non-hydrogen) atoms. The van der Waals surface area contributed by atoms with E-state index in [0.717, 1.165) is 0 Å². The van der Waals surface area contributed by atoms with Crippen LogP contribution < -0.4 is 5.32 Å². The second-order valence-electron chi connectivity index (χ2n) is 4.13. The van der Waals surface area contributed by atoms with Gasteiger partial charge in [-0.05, 0) is 43.3 Å². The molecule has 0 bridgehead atoms. The minimum absolute atomic E-state index is 0.270. The van der Waals surface area contributed by atoms with Crippen LogP contribution in [-0.4, -0.2) is 23.0 Å². The summed E-state index contributed by atoms with van der Waals surface area (Å²) in [6.07, 6.45) is 0.621. The number of aromatic nitrogens is 1. The third-order valence-electron chi connectivity index (χ3n) is 2.58. The topological polar surface area (TPSA) is 71.2 Å². The lowest BCUT2D eigenvalue weighted by molar-refractivity contribution is -0.123. The number of hydrogen-bond donors (Lipinski definition) is 2. The molecule has 1 amide bonds. The van der Waals surface area contributed by atoms with Crippen LogP contribution in [0.4, 0.5) is 10.1 Å². The quantitative estimate of drug-likeness (QED) is 0.842. The van der Waals surface area contributed by atoms with Crippen LogP contribution in [0.25, 0.3) is 0 Å². The Morgan fingerprint density at radius 2 is 1.95 bits per heavy atom. The van der Waals surface area contributed by atoms with E-state index in [4.69, 9.17) is 4.74 Å². The second-order valence-corrected chi connectivity index (χ2v) is 4.13. The van der Waals surface area contributed by atoms with Crippen LogP contribution in [0.3, 0.4) is 0 Å². The zero-order valence-electron chi connectivity index (χ0n) is 10.7. The van der Waals surface area contributed by atoms with Gasteiger partial charge in [-0.2, -0.15) is 0 Å². The lowest BCUT2D eigenvalue weighted by atomic mass is 10.3. The fourth-order valence-electron chi connectivity index (χ4n) is 1.51. The van der Waals surface area contributed by atoms with Crippen LogP contribution in [0, 0.1) is 5.82 Å². The molecule has 0 fully saturated rings. The maximum absolute atomic E-state index is 12.7. The number of rotatable bonds is 4. The second kappa shape index (κ2) is 6.01. The first-order valence-electron chi connectivity index (χ1n) is 5.97. The zero-order valence-corrected chi connectivity index (χ0v) is 10.7. The number of anilines is 1. The van der Waals surface area contributed by atoms with Gasteiger partial charge in [-0.3, -0.25) is 4.79 Å². The molecular formula is C14H13FN2O3. The smallest absolute Gasteiger partial charge is 0.355 e. The summed E-state index contributed by atoms with van der Waals surface area (Å²) >= 11 is 0. The molecule has 1 heterocycles. The monoisotopic (exact) mass is 276 g/mol. The standard InChI is InChI=1S/C14H13FN2O3/c1-9(20-14(19)12-3-2-8-16-12)13(18)17-11-6-4-10(15)5-7-11/h2-9,16H,1H3,(H,17,18). The Balaban J connectivity index is 1.92. The van der Waals surface area contributed by atoms with Crippen LogP contribution in [0.2, 0.25) is 0 Å². The molecule has 6 heteroatoms. The number of benzene rings is 1. The first-order chi connectivity index (χ1) is 9.56. The molecule has 1 aromatic heterocycles. The maximum Gasteiger partial charge on any atom is 0.355 e. The first-order valence-corrected chi connectivity index (χ1v) is 5.97. The fraction of sp³-hybridized carbons (Fsp3) is 0.143. The molecule has 1 unspecified atom stereocenters. The van der Waals surface area contributed by atoms with Crippen LogP contribution >= 0.6 is 0 Å². The zero-order chi connectivity index (χ0) is 14.5. The van der Waals surface area contributed by atoms with Crippen molar-refractivity contribution in [3.63, 3.8) is 0 Å². The van der Waals surface area contributed by atoms with E-state index >= 15 is 0 Å². The number of carbonyl (C=O) groups is 2. The Morgan fingerprint density at radius 1 is 1.25 bits per heavy atom. The average Bonchev–Trinajstić information content (AvgIpc) is 2.95. The van der Waals surface area contributed by atoms with E-state index in [1.807, 2.05) is 0 Å². The lowest BCUT2D eigenvalue weighted by Gasteiger charge is -2.13. The Morgan fingerprint density at radius 3 is 2.55 bits per heavy atom. The summed E-state index contributed by atoms with van der Waals surface area (Å²) in [5, 5.41) is 2.53. The number of amides is 1. The van der Waals surface area contributed by atoms with Crippen molar-refractivity contribution in [2.45, 2.75) is 13.0 Å². The summed E-state index contributed by atoms with van der Waals surface area (Å²) in [6, 6.07) is 8.50. The molecule has 1 aromatic carbocycles. The van der Waals surface area contributed by atoms with Gasteiger partial charge in [0.25, 0.3) is 5.91 Å². The molecule has 2 rings (SSSR count). The van der Waals surface area contributed by atoms with Crippen molar-refractivity contribution in [3.05, 3.63) is 54.1 Å². The predicted octanol–water partition coefficient (Wildman–Crippen LogP) is 2.34. The van der Waals surface area contributed by atoms with Crippen molar-refractivity contribution in [2.24, 2.45) is 0 Å². The maximum atomic E-state index is 12.7. The molecule has 1 atom stereocenters. The van der Waals surface area contributed by atoms with Gasteiger partial charge in [0.15, 0.2) is 6.10 Å². The van der Waals surface area contributed by atoms with E-state index in [1.54, 1.807) is 18.3 Å². The van der Waals surface area contributed by atoms with Gasteiger partial charge in [-0.15, -0.1) is 0 Å². The van der Waals surface area contributed by atoms with E-state index in [-0.39, 0.29) is 5.69 Å². The Kier molecular flexibility index (Phi) is 4.14. The Hall–Kier alpha value is -2.63. The van der Waals surface area contributed by atoms with Gasteiger partial charge in [0.2, 0.25) is 0 Å². The molecule has 104 valence electrons. The summed E-state index contributed by atoms with van der Waals surface area (Å²) in [5.74, 6) is -1.50. The Bertz CT molecular complexity index is 593. The normalized spacial score (nSPS) is 11.7. The molecular weight excluding hydrogens is 263 g/mol. The predicted molar refractivity (Wildman–Crippen MR) is 70.7 cm³/mol. The lowest BCUT2D eigenvalue weighted by Crippen LogP contribution is -2.30. The molecule has 0 aliphatic heterocycles. The van der Waals surface area contributed by atoms with E-state index in [2.05, 4.69) is 10.3 Å². The van der Waals surface area contributed by atoms with Crippen LogP contribution in [-0.2, 0) is 9.53 Å². The Labute approximate surface area is 114 Å². The number of H-pyrrole nitrogens is 1. The van der Waals surface area contributed by atoms with Gasteiger partial charge in [-0.1, -0.05) is 0 Å². The third-order valence-corrected chi connectivity index (χ3v) is 2.58. The van der Waals surface area contributed by atoms with Gasteiger partial charge in [0.05, 0.1) is 0 Å². The molecule has 2 aromatic rings.